The van der Waals surface area contributed by atoms with Gasteiger partial charge in [0.1, 0.15) is 0 Å². The molecule has 112 valence electrons. The highest BCUT2D eigenvalue weighted by Crippen LogP contribution is 2.21. The van der Waals surface area contributed by atoms with Gasteiger partial charge in [-0.1, -0.05) is 44.2 Å². The number of nitrogens with zero attached hydrogens (tertiary/aromatic N) is 1. The van der Waals surface area contributed by atoms with Gasteiger partial charge in [-0.05, 0) is 24.4 Å². The van der Waals surface area contributed by atoms with Crippen molar-refractivity contribution in [1.29, 1.82) is 0 Å². The second-order valence-electron chi connectivity index (χ2n) is 5.98. The summed E-state index contributed by atoms with van der Waals surface area (Å²) in [5.41, 5.74) is 1.41. The highest BCUT2D eigenvalue weighted by Gasteiger charge is 2.21. The third kappa shape index (κ3) is 4.89. The average Bonchev–Trinajstić information content (AvgIpc) is 2.73. The van der Waals surface area contributed by atoms with Gasteiger partial charge in [0.05, 0.1) is 6.61 Å². The van der Waals surface area contributed by atoms with Crippen LogP contribution in [0, 0.1) is 5.92 Å². The van der Waals surface area contributed by atoms with Crippen molar-refractivity contribution in [1.82, 2.24) is 10.2 Å². The zero-order valence-corrected chi connectivity index (χ0v) is 12.8. The van der Waals surface area contributed by atoms with Crippen molar-refractivity contribution in [2.24, 2.45) is 5.92 Å². The molecule has 2 rings (SSSR count). The van der Waals surface area contributed by atoms with Crippen molar-refractivity contribution in [3.8, 4) is 0 Å². The van der Waals surface area contributed by atoms with Crippen LogP contribution in [0.5, 0.6) is 0 Å². The Balaban J connectivity index is 2.02. The average molecular weight is 276 g/mol. The van der Waals surface area contributed by atoms with Crippen molar-refractivity contribution in [3.63, 3.8) is 0 Å². The van der Waals surface area contributed by atoms with Gasteiger partial charge in [0.15, 0.2) is 0 Å². The fourth-order valence-corrected chi connectivity index (χ4v) is 2.72. The maximum Gasteiger partial charge on any atom is 0.0593 e. The number of nitrogens with one attached hydrogen (secondary N) is 1. The van der Waals surface area contributed by atoms with E-state index in [1.165, 1.54) is 5.56 Å². The van der Waals surface area contributed by atoms with E-state index >= 15 is 0 Å². The fraction of sp³-hybridized carbons (Fsp3) is 0.647. The van der Waals surface area contributed by atoms with Crippen LogP contribution in [0.3, 0.4) is 0 Å². The van der Waals surface area contributed by atoms with Crippen molar-refractivity contribution >= 4 is 0 Å². The van der Waals surface area contributed by atoms with Crippen molar-refractivity contribution in [2.45, 2.75) is 26.3 Å². The van der Waals surface area contributed by atoms with Crippen LogP contribution >= 0.6 is 0 Å². The van der Waals surface area contributed by atoms with E-state index in [9.17, 15) is 0 Å². The summed E-state index contributed by atoms with van der Waals surface area (Å²) in [4.78, 5) is 2.57. The molecule has 0 bridgehead atoms. The molecule has 1 saturated heterocycles. The summed E-state index contributed by atoms with van der Waals surface area (Å²) in [6.07, 6.45) is 1.13. The molecule has 0 radical (unpaired) electrons. The lowest BCUT2D eigenvalue weighted by atomic mass is 10.0. The Labute approximate surface area is 123 Å². The maximum absolute atomic E-state index is 5.59. The van der Waals surface area contributed by atoms with E-state index in [1.807, 2.05) is 0 Å². The largest absolute Gasteiger partial charge is 0.380 e. The molecule has 1 aromatic rings. The summed E-state index contributed by atoms with van der Waals surface area (Å²) in [6, 6.07) is 11.3. The lowest BCUT2D eigenvalue weighted by Crippen LogP contribution is -2.38. The minimum absolute atomic E-state index is 0.455. The van der Waals surface area contributed by atoms with Gasteiger partial charge in [0, 0.05) is 32.3 Å². The first-order chi connectivity index (χ1) is 9.77. The zero-order chi connectivity index (χ0) is 14.2. The molecule has 1 aromatic carbocycles. The van der Waals surface area contributed by atoms with Crippen LogP contribution in [0.2, 0.25) is 0 Å². The van der Waals surface area contributed by atoms with Gasteiger partial charge >= 0.3 is 0 Å². The molecular weight excluding hydrogens is 248 g/mol. The first kappa shape index (κ1) is 15.5. The van der Waals surface area contributed by atoms with Gasteiger partial charge in [-0.25, -0.2) is 0 Å². The van der Waals surface area contributed by atoms with Crippen LogP contribution in [0.25, 0.3) is 0 Å². The van der Waals surface area contributed by atoms with Crippen LogP contribution in [0.15, 0.2) is 30.3 Å². The van der Waals surface area contributed by atoms with Crippen LogP contribution in [0.4, 0.5) is 0 Å². The SMILES string of the molecule is CC(C)CNCC(c1ccccc1)N1CCCOCC1. The summed E-state index contributed by atoms with van der Waals surface area (Å²) in [6.45, 7) is 10.5. The molecule has 3 nitrogen and oxygen atoms in total. The van der Waals surface area contributed by atoms with E-state index in [0.29, 0.717) is 12.0 Å². The Morgan fingerprint density at radius 1 is 1.10 bits per heavy atom. The Kier molecular flexibility index (Phi) is 6.51. The second-order valence-corrected chi connectivity index (χ2v) is 5.98. The van der Waals surface area contributed by atoms with Gasteiger partial charge in [-0.3, -0.25) is 4.90 Å². The molecular formula is C17H28N2O. The normalized spacial score (nSPS) is 18.9. The van der Waals surface area contributed by atoms with Crippen molar-refractivity contribution in [2.75, 3.05) is 39.4 Å². The van der Waals surface area contributed by atoms with Crippen molar-refractivity contribution < 1.29 is 4.74 Å². The molecule has 1 aliphatic rings. The van der Waals surface area contributed by atoms with E-state index in [0.717, 1.165) is 45.8 Å². The number of hydrogen-bond donors (Lipinski definition) is 1. The predicted octanol–water partition coefficient (Wildman–Crippen LogP) is 2.70. The van der Waals surface area contributed by atoms with E-state index in [-0.39, 0.29) is 0 Å². The molecule has 1 unspecified atom stereocenters. The Morgan fingerprint density at radius 3 is 2.65 bits per heavy atom. The zero-order valence-electron chi connectivity index (χ0n) is 12.8. The predicted molar refractivity (Wildman–Crippen MR) is 83.9 cm³/mol. The van der Waals surface area contributed by atoms with Gasteiger partial charge < -0.3 is 10.1 Å². The Morgan fingerprint density at radius 2 is 1.90 bits per heavy atom. The molecule has 0 amide bonds. The quantitative estimate of drug-likeness (QED) is 0.864. The summed E-state index contributed by atoms with van der Waals surface area (Å²) in [5.74, 6) is 0.693. The minimum atomic E-state index is 0.455. The number of ether oxygens (including phenoxy) is 1. The highest BCUT2D eigenvalue weighted by atomic mass is 16.5. The van der Waals surface area contributed by atoms with E-state index < -0.39 is 0 Å². The number of rotatable bonds is 6. The molecule has 0 aromatic heterocycles. The fourth-order valence-electron chi connectivity index (χ4n) is 2.72. The first-order valence-corrected chi connectivity index (χ1v) is 7.85. The molecule has 3 heteroatoms. The topological polar surface area (TPSA) is 24.5 Å². The van der Waals surface area contributed by atoms with Crippen molar-refractivity contribution in [3.05, 3.63) is 35.9 Å². The van der Waals surface area contributed by atoms with Crippen LogP contribution < -0.4 is 5.32 Å². The molecule has 1 heterocycles. The van der Waals surface area contributed by atoms with E-state index in [4.69, 9.17) is 4.74 Å². The third-order valence-corrected chi connectivity index (χ3v) is 3.77. The smallest absolute Gasteiger partial charge is 0.0593 e. The third-order valence-electron chi connectivity index (χ3n) is 3.77. The van der Waals surface area contributed by atoms with E-state index in [2.05, 4.69) is 54.4 Å². The Bertz CT molecular complexity index is 359. The number of benzene rings is 1. The molecule has 20 heavy (non-hydrogen) atoms. The summed E-state index contributed by atoms with van der Waals surface area (Å²) in [5, 5.41) is 3.62. The molecule has 0 saturated carbocycles. The van der Waals surface area contributed by atoms with Gasteiger partial charge in [0.25, 0.3) is 0 Å². The van der Waals surface area contributed by atoms with E-state index in [1.54, 1.807) is 0 Å². The van der Waals surface area contributed by atoms with Crippen LogP contribution in [-0.2, 0) is 4.74 Å². The standard InChI is InChI=1S/C17H28N2O/c1-15(2)13-18-14-17(16-7-4-3-5-8-16)19-9-6-11-20-12-10-19/h3-5,7-8,15,17-18H,6,9-14H2,1-2H3. The summed E-state index contributed by atoms with van der Waals surface area (Å²) in [7, 11) is 0. The van der Waals surface area contributed by atoms with Gasteiger partial charge in [-0.15, -0.1) is 0 Å². The second kappa shape index (κ2) is 8.40. The lowest BCUT2D eigenvalue weighted by Gasteiger charge is -2.31. The summed E-state index contributed by atoms with van der Waals surface area (Å²) < 4.78 is 5.59. The molecule has 1 aliphatic heterocycles. The number of hydrogen-bond acceptors (Lipinski definition) is 3. The monoisotopic (exact) mass is 276 g/mol. The van der Waals surface area contributed by atoms with Gasteiger partial charge in [0.2, 0.25) is 0 Å². The molecule has 1 fully saturated rings. The molecule has 1 N–H and O–H groups in total. The minimum Gasteiger partial charge on any atom is -0.380 e. The molecule has 0 aliphatic carbocycles. The van der Waals surface area contributed by atoms with Gasteiger partial charge in [-0.2, -0.15) is 0 Å². The maximum atomic E-state index is 5.59. The lowest BCUT2D eigenvalue weighted by molar-refractivity contribution is 0.130. The highest BCUT2D eigenvalue weighted by molar-refractivity contribution is 5.19. The van der Waals surface area contributed by atoms with Crippen LogP contribution in [0.1, 0.15) is 31.9 Å². The molecule has 0 spiro atoms. The summed E-state index contributed by atoms with van der Waals surface area (Å²) >= 11 is 0. The molecule has 1 atom stereocenters. The Hall–Kier alpha value is -0.900. The first-order valence-electron chi connectivity index (χ1n) is 7.85. The van der Waals surface area contributed by atoms with Crippen LogP contribution in [-0.4, -0.2) is 44.3 Å².